The van der Waals surface area contributed by atoms with Gasteiger partial charge in [-0.15, -0.1) is 0 Å². The molecule has 2 saturated heterocycles. The molecular formula is C14H27N3O2. The predicted molar refractivity (Wildman–Crippen MR) is 74.9 cm³/mol. The molecule has 2 heterocycles. The van der Waals surface area contributed by atoms with Gasteiger partial charge in [-0.25, -0.2) is 0 Å². The molecule has 0 aliphatic carbocycles. The molecule has 2 aliphatic heterocycles. The van der Waals surface area contributed by atoms with Crippen LogP contribution in [0.2, 0.25) is 0 Å². The number of hydrogen-bond acceptors (Lipinski definition) is 4. The molecule has 5 heteroatoms. The minimum Gasteiger partial charge on any atom is -0.391 e. The number of likely N-dealkylation sites (tertiary alicyclic amines) is 1. The number of amides is 1. The summed E-state index contributed by atoms with van der Waals surface area (Å²) < 4.78 is 0. The number of β-amino-alcohol motifs (C(OH)–C–C–N with tert-alkyl or cyclic N) is 1. The number of rotatable bonds is 4. The molecule has 3 N–H and O–H groups in total. The van der Waals surface area contributed by atoms with Crippen LogP contribution in [0.4, 0.5) is 0 Å². The smallest absolute Gasteiger partial charge is 0.237 e. The van der Waals surface area contributed by atoms with Crippen LogP contribution < -0.4 is 10.6 Å². The first-order valence-corrected chi connectivity index (χ1v) is 7.59. The van der Waals surface area contributed by atoms with E-state index in [1.807, 2.05) is 6.92 Å². The molecule has 0 bridgehead atoms. The van der Waals surface area contributed by atoms with Gasteiger partial charge >= 0.3 is 0 Å². The standard InChI is InChI=1S/C14H27N3O2/c1-11(17-6-4-2-3-5-7-17)14(19)16-9-12-8-15-10-13(12)18/h11-13,15,18H,2-10H2,1H3,(H,16,19). The molecule has 19 heavy (non-hydrogen) atoms. The Balaban J connectivity index is 1.74. The normalized spacial score (nSPS) is 30.8. The number of nitrogens with one attached hydrogen (secondary N) is 2. The van der Waals surface area contributed by atoms with Gasteiger partial charge in [0.1, 0.15) is 0 Å². The molecule has 0 spiro atoms. The van der Waals surface area contributed by atoms with Crippen molar-refractivity contribution >= 4 is 5.91 Å². The Morgan fingerprint density at radius 1 is 1.32 bits per heavy atom. The highest BCUT2D eigenvalue weighted by atomic mass is 16.3. The van der Waals surface area contributed by atoms with Gasteiger partial charge in [0.05, 0.1) is 12.1 Å². The quantitative estimate of drug-likeness (QED) is 0.669. The molecule has 0 saturated carbocycles. The molecule has 0 aromatic rings. The van der Waals surface area contributed by atoms with Crippen LogP contribution in [0.25, 0.3) is 0 Å². The van der Waals surface area contributed by atoms with Crippen molar-refractivity contribution in [2.45, 2.75) is 44.8 Å². The Morgan fingerprint density at radius 3 is 2.58 bits per heavy atom. The number of aliphatic hydroxyl groups is 1. The van der Waals surface area contributed by atoms with E-state index in [9.17, 15) is 9.90 Å². The molecule has 3 atom stereocenters. The van der Waals surface area contributed by atoms with Crippen molar-refractivity contribution < 1.29 is 9.90 Å². The van der Waals surface area contributed by atoms with Crippen LogP contribution in [0.3, 0.4) is 0 Å². The fourth-order valence-corrected chi connectivity index (χ4v) is 2.96. The first-order chi connectivity index (χ1) is 9.18. The van der Waals surface area contributed by atoms with Crippen molar-refractivity contribution in [2.24, 2.45) is 5.92 Å². The zero-order valence-corrected chi connectivity index (χ0v) is 11.9. The lowest BCUT2D eigenvalue weighted by atomic mass is 10.1. The Hall–Kier alpha value is -0.650. The predicted octanol–water partition coefficient (Wildman–Crippen LogP) is -0.0526. The minimum atomic E-state index is -0.325. The van der Waals surface area contributed by atoms with Crippen LogP contribution in [0.15, 0.2) is 0 Å². The molecule has 2 aliphatic rings. The second kappa shape index (κ2) is 7.22. The average Bonchev–Trinajstić information content (AvgIpc) is 2.68. The average molecular weight is 269 g/mol. The maximum atomic E-state index is 12.2. The molecule has 3 unspecified atom stereocenters. The van der Waals surface area contributed by atoms with Crippen LogP contribution in [0.1, 0.15) is 32.6 Å². The van der Waals surface area contributed by atoms with Crippen molar-refractivity contribution in [1.29, 1.82) is 0 Å². The summed E-state index contributed by atoms with van der Waals surface area (Å²) in [4.78, 5) is 14.4. The van der Waals surface area contributed by atoms with Gasteiger partial charge in [0, 0.05) is 25.6 Å². The van der Waals surface area contributed by atoms with Crippen LogP contribution in [-0.4, -0.2) is 60.8 Å². The Morgan fingerprint density at radius 2 is 2.00 bits per heavy atom. The lowest BCUT2D eigenvalue weighted by Crippen LogP contribution is -2.47. The van der Waals surface area contributed by atoms with Crippen molar-refractivity contribution in [3.8, 4) is 0 Å². The number of nitrogens with zero attached hydrogens (tertiary/aromatic N) is 1. The van der Waals surface area contributed by atoms with Crippen molar-refractivity contribution in [3.05, 3.63) is 0 Å². The highest BCUT2D eigenvalue weighted by molar-refractivity contribution is 5.81. The topological polar surface area (TPSA) is 64.6 Å². The van der Waals surface area contributed by atoms with Crippen molar-refractivity contribution in [3.63, 3.8) is 0 Å². The van der Waals surface area contributed by atoms with E-state index in [0.717, 1.165) is 19.6 Å². The number of hydrogen-bond donors (Lipinski definition) is 3. The summed E-state index contributed by atoms with van der Waals surface area (Å²) >= 11 is 0. The summed E-state index contributed by atoms with van der Waals surface area (Å²) in [5.74, 6) is 0.251. The van der Waals surface area contributed by atoms with E-state index >= 15 is 0 Å². The molecule has 5 nitrogen and oxygen atoms in total. The minimum absolute atomic E-state index is 0.0513. The summed E-state index contributed by atoms with van der Waals surface area (Å²) in [6, 6.07) is -0.0513. The van der Waals surface area contributed by atoms with Gasteiger partial charge in [0.2, 0.25) is 5.91 Å². The van der Waals surface area contributed by atoms with Crippen LogP contribution in [-0.2, 0) is 4.79 Å². The van der Waals surface area contributed by atoms with Crippen LogP contribution in [0.5, 0.6) is 0 Å². The fourth-order valence-electron chi connectivity index (χ4n) is 2.96. The highest BCUT2D eigenvalue weighted by Crippen LogP contribution is 2.13. The molecule has 0 radical (unpaired) electrons. The van der Waals surface area contributed by atoms with E-state index in [1.54, 1.807) is 0 Å². The van der Waals surface area contributed by atoms with Gasteiger partial charge in [0.15, 0.2) is 0 Å². The molecule has 110 valence electrons. The van der Waals surface area contributed by atoms with Gasteiger partial charge in [-0.1, -0.05) is 12.8 Å². The first-order valence-electron chi connectivity index (χ1n) is 7.59. The lowest BCUT2D eigenvalue weighted by Gasteiger charge is -2.27. The first kappa shape index (κ1) is 14.8. The van der Waals surface area contributed by atoms with E-state index in [1.165, 1.54) is 25.7 Å². The van der Waals surface area contributed by atoms with E-state index < -0.39 is 0 Å². The lowest BCUT2D eigenvalue weighted by molar-refractivity contribution is -0.126. The van der Waals surface area contributed by atoms with Gasteiger partial charge in [-0.3, -0.25) is 9.69 Å². The molecule has 1 amide bonds. The second-order valence-corrected chi connectivity index (χ2v) is 5.86. The van der Waals surface area contributed by atoms with Gasteiger partial charge in [-0.2, -0.15) is 0 Å². The van der Waals surface area contributed by atoms with Gasteiger partial charge in [0.25, 0.3) is 0 Å². The third kappa shape index (κ3) is 4.16. The van der Waals surface area contributed by atoms with Crippen LogP contribution >= 0.6 is 0 Å². The van der Waals surface area contributed by atoms with E-state index in [2.05, 4.69) is 15.5 Å². The SMILES string of the molecule is CC(C(=O)NCC1CNCC1O)N1CCCCCC1. The summed E-state index contributed by atoms with van der Waals surface area (Å²) in [7, 11) is 0. The summed E-state index contributed by atoms with van der Waals surface area (Å²) in [6.07, 6.45) is 4.63. The third-order valence-electron chi connectivity index (χ3n) is 4.41. The van der Waals surface area contributed by atoms with E-state index in [0.29, 0.717) is 13.1 Å². The van der Waals surface area contributed by atoms with Gasteiger partial charge < -0.3 is 15.7 Å². The monoisotopic (exact) mass is 269 g/mol. The molecule has 2 rings (SSSR count). The maximum Gasteiger partial charge on any atom is 0.237 e. The van der Waals surface area contributed by atoms with Crippen molar-refractivity contribution in [1.82, 2.24) is 15.5 Å². The summed E-state index contributed by atoms with van der Waals surface area (Å²) in [6.45, 7) is 6.06. The number of aliphatic hydroxyl groups excluding tert-OH is 1. The maximum absolute atomic E-state index is 12.2. The molecule has 0 aromatic carbocycles. The summed E-state index contributed by atoms with van der Waals surface area (Å²) in [5.41, 5.74) is 0. The summed E-state index contributed by atoms with van der Waals surface area (Å²) in [5, 5.41) is 15.8. The number of carbonyl (C=O) groups excluding carboxylic acids is 1. The second-order valence-electron chi connectivity index (χ2n) is 5.86. The van der Waals surface area contributed by atoms with Crippen molar-refractivity contribution in [2.75, 3.05) is 32.7 Å². The Kier molecular flexibility index (Phi) is 5.60. The van der Waals surface area contributed by atoms with Gasteiger partial charge in [-0.05, 0) is 32.9 Å². The fraction of sp³-hybridized carbons (Fsp3) is 0.929. The Bertz CT molecular complexity index is 290. The van der Waals surface area contributed by atoms with Crippen LogP contribution in [0, 0.1) is 5.92 Å². The third-order valence-corrected chi connectivity index (χ3v) is 4.41. The molecule has 2 fully saturated rings. The number of carbonyl (C=O) groups is 1. The largest absolute Gasteiger partial charge is 0.391 e. The highest BCUT2D eigenvalue weighted by Gasteiger charge is 2.27. The molecule has 0 aromatic heterocycles. The zero-order chi connectivity index (χ0) is 13.7. The zero-order valence-electron chi connectivity index (χ0n) is 11.9. The Labute approximate surface area is 115 Å². The molecular weight excluding hydrogens is 242 g/mol. The van der Waals surface area contributed by atoms with E-state index in [4.69, 9.17) is 0 Å². The van der Waals surface area contributed by atoms with E-state index in [-0.39, 0.29) is 24.0 Å².